The SMILES string of the molecule is N[C@H](c1cc(Br)c(Br)s1)C(F)F. The Morgan fingerprint density at radius 2 is 2.00 bits per heavy atom. The van der Waals surface area contributed by atoms with Gasteiger partial charge in [-0.05, 0) is 37.9 Å². The normalized spacial score (nSPS) is 13.8. The predicted octanol–water partition coefficient (Wildman–Crippen LogP) is 3.54. The number of thiophene rings is 1. The molecule has 0 aromatic carbocycles. The van der Waals surface area contributed by atoms with Crippen molar-refractivity contribution >= 4 is 43.2 Å². The van der Waals surface area contributed by atoms with E-state index in [4.69, 9.17) is 5.73 Å². The van der Waals surface area contributed by atoms with Gasteiger partial charge in [0.25, 0.3) is 6.43 Å². The minimum Gasteiger partial charge on any atom is -0.319 e. The third-order valence-corrected chi connectivity index (χ3v) is 4.62. The molecular formula is C6H5Br2F2NS. The highest BCUT2D eigenvalue weighted by Crippen LogP contribution is 2.36. The number of hydrogen-bond donors (Lipinski definition) is 1. The van der Waals surface area contributed by atoms with Crippen molar-refractivity contribution in [3.63, 3.8) is 0 Å². The lowest BCUT2D eigenvalue weighted by Gasteiger charge is -2.05. The fraction of sp³-hybridized carbons (Fsp3) is 0.333. The molecule has 0 unspecified atom stereocenters. The lowest BCUT2D eigenvalue weighted by molar-refractivity contribution is 0.118. The van der Waals surface area contributed by atoms with Gasteiger partial charge in [0.2, 0.25) is 0 Å². The molecule has 6 heteroatoms. The molecule has 0 saturated heterocycles. The van der Waals surface area contributed by atoms with Crippen LogP contribution >= 0.6 is 43.2 Å². The number of halogens is 4. The van der Waals surface area contributed by atoms with Gasteiger partial charge in [0.1, 0.15) is 6.04 Å². The zero-order valence-electron chi connectivity index (χ0n) is 5.73. The summed E-state index contributed by atoms with van der Waals surface area (Å²) in [6, 6.07) is 0.420. The van der Waals surface area contributed by atoms with Gasteiger partial charge < -0.3 is 5.73 Å². The second-order valence-electron chi connectivity index (χ2n) is 2.13. The van der Waals surface area contributed by atoms with Crippen LogP contribution < -0.4 is 5.73 Å². The maximum Gasteiger partial charge on any atom is 0.258 e. The fourth-order valence-corrected chi connectivity index (χ4v) is 2.75. The molecule has 1 heterocycles. The highest BCUT2D eigenvalue weighted by molar-refractivity contribution is 9.13. The zero-order chi connectivity index (χ0) is 9.30. The minimum atomic E-state index is -2.51. The summed E-state index contributed by atoms with van der Waals surface area (Å²) in [6.45, 7) is 0. The molecule has 68 valence electrons. The van der Waals surface area contributed by atoms with Gasteiger partial charge in [-0.3, -0.25) is 0 Å². The molecule has 0 spiro atoms. The smallest absolute Gasteiger partial charge is 0.258 e. The first kappa shape index (κ1) is 10.6. The van der Waals surface area contributed by atoms with E-state index in [-0.39, 0.29) is 0 Å². The highest BCUT2D eigenvalue weighted by Gasteiger charge is 2.20. The van der Waals surface area contributed by atoms with Crippen molar-refractivity contribution in [2.45, 2.75) is 12.5 Å². The summed E-state index contributed by atoms with van der Waals surface area (Å²) in [6.07, 6.45) is -2.51. The van der Waals surface area contributed by atoms with Gasteiger partial charge in [-0.25, -0.2) is 8.78 Å². The largest absolute Gasteiger partial charge is 0.319 e. The van der Waals surface area contributed by atoms with Crippen LogP contribution in [0.3, 0.4) is 0 Å². The monoisotopic (exact) mass is 319 g/mol. The molecule has 1 atom stereocenters. The van der Waals surface area contributed by atoms with E-state index in [1.165, 1.54) is 11.3 Å². The van der Waals surface area contributed by atoms with Gasteiger partial charge in [-0.15, -0.1) is 11.3 Å². The summed E-state index contributed by atoms with van der Waals surface area (Å²) >= 11 is 7.62. The van der Waals surface area contributed by atoms with Crippen molar-refractivity contribution < 1.29 is 8.78 Å². The van der Waals surface area contributed by atoms with Crippen molar-refractivity contribution in [1.82, 2.24) is 0 Å². The molecule has 0 amide bonds. The van der Waals surface area contributed by atoms with Gasteiger partial charge in [0, 0.05) is 9.35 Å². The van der Waals surface area contributed by atoms with E-state index in [2.05, 4.69) is 31.9 Å². The molecule has 1 aromatic rings. The van der Waals surface area contributed by atoms with Gasteiger partial charge >= 0.3 is 0 Å². The van der Waals surface area contributed by atoms with E-state index in [1.54, 1.807) is 6.07 Å². The molecule has 0 aliphatic rings. The number of nitrogens with two attached hydrogens (primary N) is 1. The lowest BCUT2D eigenvalue weighted by atomic mass is 10.3. The number of rotatable bonds is 2. The molecular weight excluding hydrogens is 316 g/mol. The van der Waals surface area contributed by atoms with Crippen molar-refractivity contribution in [3.05, 3.63) is 19.2 Å². The van der Waals surface area contributed by atoms with E-state index in [0.29, 0.717) is 4.88 Å². The van der Waals surface area contributed by atoms with Crippen LogP contribution in [0.5, 0.6) is 0 Å². The highest BCUT2D eigenvalue weighted by atomic mass is 79.9. The van der Waals surface area contributed by atoms with Crippen LogP contribution in [-0.4, -0.2) is 6.43 Å². The van der Waals surface area contributed by atoms with E-state index < -0.39 is 12.5 Å². The van der Waals surface area contributed by atoms with E-state index in [1.807, 2.05) is 0 Å². The molecule has 0 fully saturated rings. The Labute approximate surface area is 89.2 Å². The number of alkyl halides is 2. The quantitative estimate of drug-likeness (QED) is 0.886. The molecule has 12 heavy (non-hydrogen) atoms. The second kappa shape index (κ2) is 4.13. The summed E-state index contributed by atoms with van der Waals surface area (Å²) in [4.78, 5) is 0.476. The Kier molecular flexibility index (Phi) is 3.63. The van der Waals surface area contributed by atoms with Gasteiger partial charge in [0.05, 0.1) is 3.79 Å². The Morgan fingerprint density at radius 1 is 1.42 bits per heavy atom. The second-order valence-corrected chi connectivity index (χ2v) is 5.39. The van der Waals surface area contributed by atoms with Crippen molar-refractivity contribution in [3.8, 4) is 0 Å². The van der Waals surface area contributed by atoms with Gasteiger partial charge in [0.15, 0.2) is 0 Å². The Bertz CT molecular complexity index is 257. The maximum absolute atomic E-state index is 12.1. The Balaban J connectivity index is 2.89. The molecule has 1 rings (SSSR count). The summed E-state index contributed by atoms with van der Waals surface area (Å²) < 4.78 is 25.8. The van der Waals surface area contributed by atoms with Crippen LogP contribution in [0, 0.1) is 0 Å². The van der Waals surface area contributed by atoms with Crippen LogP contribution in [0.2, 0.25) is 0 Å². The predicted molar refractivity (Wildman–Crippen MR) is 52.7 cm³/mol. The average molecular weight is 321 g/mol. The first-order valence-corrected chi connectivity index (χ1v) is 5.41. The Morgan fingerprint density at radius 3 is 2.33 bits per heavy atom. The first-order valence-electron chi connectivity index (χ1n) is 3.01. The van der Waals surface area contributed by atoms with Gasteiger partial charge in [-0.2, -0.15) is 0 Å². The van der Waals surface area contributed by atoms with Crippen molar-refractivity contribution in [1.29, 1.82) is 0 Å². The molecule has 0 radical (unpaired) electrons. The first-order chi connectivity index (χ1) is 5.52. The fourth-order valence-electron chi connectivity index (χ4n) is 0.652. The molecule has 0 saturated carbocycles. The molecule has 1 aromatic heterocycles. The summed E-state index contributed by atoms with van der Waals surface area (Å²) in [5.74, 6) is 0. The number of hydrogen-bond acceptors (Lipinski definition) is 2. The maximum atomic E-state index is 12.1. The zero-order valence-corrected chi connectivity index (χ0v) is 9.72. The van der Waals surface area contributed by atoms with Crippen molar-refractivity contribution in [2.24, 2.45) is 5.73 Å². The standard InChI is InChI=1S/C6H5Br2F2NS/c7-2-1-3(12-5(2)8)4(11)6(9)10/h1,4,6H,11H2/t4-/m1/s1. The lowest BCUT2D eigenvalue weighted by Crippen LogP contribution is -2.17. The van der Waals surface area contributed by atoms with Crippen LogP contribution in [-0.2, 0) is 0 Å². The third kappa shape index (κ3) is 2.25. The van der Waals surface area contributed by atoms with E-state index in [0.717, 1.165) is 8.26 Å². The van der Waals surface area contributed by atoms with Gasteiger partial charge in [-0.1, -0.05) is 0 Å². The summed E-state index contributed by atoms with van der Waals surface area (Å²) in [7, 11) is 0. The minimum absolute atomic E-state index is 0.476. The van der Waals surface area contributed by atoms with E-state index >= 15 is 0 Å². The van der Waals surface area contributed by atoms with Crippen LogP contribution in [0.1, 0.15) is 10.9 Å². The Hall–Kier alpha value is 0.480. The van der Waals surface area contributed by atoms with Crippen LogP contribution in [0.15, 0.2) is 14.3 Å². The molecule has 0 aliphatic carbocycles. The molecule has 1 nitrogen and oxygen atoms in total. The summed E-state index contributed by atoms with van der Waals surface area (Å²) in [5, 5.41) is 0. The van der Waals surface area contributed by atoms with Crippen LogP contribution in [0.25, 0.3) is 0 Å². The molecule has 2 N–H and O–H groups in total. The molecule has 0 bridgehead atoms. The van der Waals surface area contributed by atoms with Crippen molar-refractivity contribution in [2.75, 3.05) is 0 Å². The topological polar surface area (TPSA) is 26.0 Å². The summed E-state index contributed by atoms with van der Waals surface area (Å²) in [5.41, 5.74) is 5.24. The van der Waals surface area contributed by atoms with E-state index in [9.17, 15) is 8.78 Å². The molecule has 0 aliphatic heterocycles. The van der Waals surface area contributed by atoms with Crippen LogP contribution in [0.4, 0.5) is 8.78 Å². The average Bonchev–Trinajstić information content (AvgIpc) is 2.30. The third-order valence-electron chi connectivity index (χ3n) is 1.26.